The van der Waals surface area contributed by atoms with E-state index in [9.17, 15) is 9.18 Å². The molecule has 1 aliphatic rings. The molecule has 17 heavy (non-hydrogen) atoms. The highest BCUT2D eigenvalue weighted by Gasteiger charge is 2.35. The number of carbonyl (C=O) groups is 1. The number of hydrogen-bond donors (Lipinski definition) is 0. The lowest BCUT2D eigenvalue weighted by molar-refractivity contribution is -0.146. The Hall–Kier alpha value is -1.91. The zero-order valence-electron chi connectivity index (χ0n) is 9.30. The van der Waals surface area contributed by atoms with Crippen LogP contribution in [0.3, 0.4) is 0 Å². The van der Waals surface area contributed by atoms with Gasteiger partial charge >= 0.3 is 5.97 Å². The SMILES string of the molecule is CCOC(=O)C1N=COC1c1cccc(F)c1. The lowest BCUT2D eigenvalue weighted by Crippen LogP contribution is -2.26. The van der Waals surface area contributed by atoms with E-state index in [1.807, 2.05) is 0 Å². The van der Waals surface area contributed by atoms with Gasteiger partial charge in [-0.15, -0.1) is 0 Å². The van der Waals surface area contributed by atoms with E-state index in [0.29, 0.717) is 5.56 Å². The molecule has 0 aromatic heterocycles. The highest BCUT2D eigenvalue weighted by molar-refractivity contribution is 5.80. The molecule has 4 nitrogen and oxygen atoms in total. The van der Waals surface area contributed by atoms with E-state index in [1.165, 1.54) is 18.5 Å². The standard InChI is InChI=1S/C12H12FNO3/c1-2-16-12(15)10-11(17-7-14-10)8-4-3-5-9(13)6-8/h3-7,10-11H,2H2,1H3. The molecular formula is C12H12FNO3. The molecular weight excluding hydrogens is 225 g/mol. The first-order valence-electron chi connectivity index (χ1n) is 5.31. The van der Waals surface area contributed by atoms with Crippen LogP contribution in [0.5, 0.6) is 0 Å². The number of rotatable bonds is 3. The topological polar surface area (TPSA) is 47.9 Å². The second-order valence-electron chi connectivity index (χ2n) is 3.56. The monoisotopic (exact) mass is 237 g/mol. The van der Waals surface area contributed by atoms with E-state index in [1.54, 1.807) is 19.1 Å². The molecule has 0 fully saturated rings. The summed E-state index contributed by atoms with van der Waals surface area (Å²) in [6, 6.07) is 5.16. The van der Waals surface area contributed by atoms with Crippen LogP contribution in [-0.2, 0) is 14.3 Å². The third-order valence-electron chi connectivity index (χ3n) is 2.42. The molecule has 1 heterocycles. The summed E-state index contributed by atoms with van der Waals surface area (Å²) in [5.41, 5.74) is 0.570. The first kappa shape index (κ1) is 11.6. The zero-order valence-corrected chi connectivity index (χ0v) is 9.30. The average Bonchev–Trinajstić information content (AvgIpc) is 2.78. The fourth-order valence-corrected chi connectivity index (χ4v) is 1.68. The van der Waals surface area contributed by atoms with E-state index in [-0.39, 0.29) is 12.4 Å². The number of esters is 1. The van der Waals surface area contributed by atoms with Gasteiger partial charge in [0.1, 0.15) is 5.82 Å². The van der Waals surface area contributed by atoms with Crippen molar-refractivity contribution in [1.82, 2.24) is 0 Å². The summed E-state index contributed by atoms with van der Waals surface area (Å²) < 4.78 is 23.2. The van der Waals surface area contributed by atoms with Crippen LogP contribution < -0.4 is 0 Å². The van der Waals surface area contributed by atoms with Crippen LogP contribution in [0.2, 0.25) is 0 Å². The molecule has 2 rings (SSSR count). The van der Waals surface area contributed by atoms with Crippen molar-refractivity contribution in [3.8, 4) is 0 Å². The summed E-state index contributed by atoms with van der Waals surface area (Å²) in [6.45, 7) is 2.00. The molecule has 2 atom stereocenters. The maximum atomic E-state index is 13.1. The number of ether oxygens (including phenoxy) is 2. The molecule has 0 saturated carbocycles. The van der Waals surface area contributed by atoms with E-state index >= 15 is 0 Å². The van der Waals surface area contributed by atoms with E-state index < -0.39 is 18.1 Å². The normalized spacial score (nSPS) is 22.2. The minimum Gasteiger partial charge on any atom is -0.473 e. The van der Waals surface area contributed by atoms with Gasteiger partial charge in [-0.3, -0.25) is 0 Å². The van der Waals surface area contributed by atoms with Gasteiger partial charge in [0.15, 0.2) is 18.5 Å². The molecule has 1 aromatic carbocycles. The summed E-state index contributed by atoms with van der Waals surface area (Å²) >= 11 is 0. The molecule has 1 aromatic rings. The van der Waals surface area contributed by atoms with Crippen LogP contribution >= 0.6 is 0 Å². The van der Waals surface area contributed by atoms with Crippen LogP contribution in [0.4, 0.5) is 4.39 Å². The molecule has 5 heteroatoms. The van der Waals surface area contributed by atoms with E-state index in [4.69, 9.17) is 9.47 Å². The molecule has 1 aliphatic heterocycles. The van der Waals surface area contributed by atoms with Crippen LogP contribution in [0.15, 0.2) is 29.3 Å². The van der Waals surface area contributed by atoms with Crippen LogP contribution in [-0.4, -0.2) is 25.0 Å². The number of benzene rings is 1. The van der Waals surface area contributed by atoms with Crippen LogP contribution in [0.1, 0.15) is 18.6 Å². The molecule has 0 bridgehead atoms. The number of hydrogen-bond acceptors (Lipinski definition) is 4. The maximum absolute atomic E-state index is 13.1. The average molecular weight is 237 g/mol. The maximum Gasteiger partial charge on any atom is 0.335 e. The summed E-state index contributed by atoms with van der Waals surface area (Å²) in [6.07, 6.45) is 0.599. The Kier molecular flexibility index (Phi) is 3.37. The molecule has 0 amide bonds. The lowest BCUT2D eigenvalue weighted by atomic mass is 10.0. The number of carbonyl (C=O) groups excluding carboxylic acids is 1. The summed E-state index contributed by atoms with van der Waals surface area (Å²) in [5, 5.41) is 0. The Labute approximate surface area is 98.1 Å². The molecule has 0 spiro atoms. The molecule has 0 N–H and O–H groups in total. The largest absolute Gasteiger partial charge is 0.473 e. The highest BCUT2D eigenvalue weighted by atomic mass is 19.1. The van der Waals surface area contributed by atoms with Crippen molar-refractivity contribution in [2.75, 3.05) is 6.61 Å². The second kappa shape index (κ2) is 4.95. The van der Waals surface area contributed by atoms with Crippen molar-refractivity contribution < 1.29 is 18.7 Å². The Morgan fingerprint density at radius 2 is 2.41 bits per heavy atom. The van der Waals surface area contributed by atoms with E-state index in [0.717, 1.165) is 0 Å². The van der Waals surface area contributed by atoms with Crippen LogP contribution in [0, 0.1) is 5.82 Å². The summed E-state index contributed by atoms with van der Waals surface area (Å²) in [7, 11) is 0. The second-order valence-corrected chi connectivity index (χ2v) is 3.56. The number of nitrogens with zero attached hydrogens (tertiary/aromatic N) is 1. The molecule has 90 valence electrons. The Balaban J connectivity index is 2.18. The molecule has 0 radical (unpaired) electrons. The predicted molar refractivity (Wildman–Crippen MR) is 59.1 cm³/mol. The Morgan fingerprint density at radius 1 is 1.59 bits per heavy atom. The van der Waals surface area contributed by atoms with Crippen molar-refractivity contribution in [3.05, 3.63) is 35.6 Å². The van der Waals surface area contributed by atoms with Gasteiger partial charge in [-0.25, -0.2) is 14.2 Å². The van der Waals surface area contributed by atoms with Gasteiger partial charge in [0.05, 0.1) is 6.61 Å². The van der Waals surface area contributed by atoms with E-state index in [2.05, 4.69) is 4.99 Å². The fourth-order valence-electron chi connectivity index (χ4n) is 1.68. The van der Waals surface area contributed by atoms with Crippen molar-refractivity contribution in [2.45, 2.75) is 19.1 Å². The fraction of sp³-hybridized carbons (Fsp3) is 0.333. The minimum atomic E-state index is -0.753. The molecule has 0 saturated heterocycles. The third-order valence-corrected chi connectivity index (χ3v) is 2.42. The third kappa shape index (κ3) is 2.43. The van der Waals surface area contributed by atoms with Gasteiger partial charge in [-0.05, 0) is 24.6 Å². The van der Waals surface area contributed by atoms with Gasteiger partial charge in [0.2, 0.25) is 0 Å². The van der Waals surface area contributed by atoms with Crippen LogP contribution in [0.25, 0.3) is 0 Å². The van der Waals surface area contributed by atoms with Crippen molar-refractivity contribution in [2.24, 2.45) is 4.99 Å². The quantitative estimate of drug-likeness (QED) is 0.754. The molecule has 0 aliphatic carbocycles. The molecule has 2 unspecified atom stereocenters. The predicted octanol–water partition coefficient (Wildman–Crippen LogP) is 1.86. The zero-order chi connectivity index (χ0) is 12.3. The van der Waals surface area contributed by atoms with Crippen molar-refractivity contribution in [1.29, 1.82) is 0 Å². The van der Waals surface area contributed by atoms with Crippen molar-refractivity contribution in [3.63, 3.8) is 0 Å². The Morgan fingerprint density at radius 3 is 3.12 bits per heavy atom. The van der Waals surface area contributed by atoms with Gasteiger partial charge in [-0.2, -0.15) is 0 Å². The first-order chi connectivity index (χ1) is 8.22. The summed E-state index contributed by atoms with van der Waals surface area (Å²) in [4.78, 5) is 15.5. The number of halogens is 1. The first-order valence-corrected chi connectivity index (χ1v) is 5.31. The Bertz CT molecular complexity index is 447. The van der Waals surface area contributed by atoms with Gasteiger partial charge in [-0.1, -0.05) is 12.1 Å². The number of aliphatic imine (C=N–C) groups is 1. The minimum absolute atomic E-state index is 0.278. The van der Waals surface area contributed by atoms with Gasteiger partial charge < -0.3 is 9.47 Å². The van der Waals surface area contributed by atoms with Gasteiger partial charge in [0.25, 0.3) is 0 Å². The van der Waals surface area contributed by atoms with Gasteiger partial charge in [0, 0.05) is 0 Å². The van der Waals surface area contributed by atoms with Crippen molar-refractivity contribution >= 4 is 12.4 Å². The summed E-state index contributed by atoms with van der Waals surface area (Å²) in [5.74, 6) is -0.837. The smallest absolute Gasteiger partial charge is 0.335 e. The lowest BCUT2D eigenvalue weighted by Gasteiger charge is -2.16. The highest BCUT2D eigenvalue weighted by Crippen LogP contribution is 2.28.